The summed E-state index contributed by atoms with van der Waals surface area (Å²) in [7, 11) is 1.71. The number of aliphatic carboxylic acids is 1. The highest BCUT2D eigenvalue weighted by molar-refractivity contribution is 5.74. The van der Waals surface area contributed by atoms with Crippen molar-refractivity contribution in [3.05, 3.63) is 59.4 Å². The summed E-state index contributed by atoms with van der Waals surface area (Å²) in [5, 5.41) is 23.0. The quantitative estimate of drug-likeness (QED) is 0.400. The minimum atomic E-state index is -0.781. The fraction of sp³-hybridized carbons (Fsp3) is 0.423. The Morgan fingerprint density at radius 1 is 1.22 bits per heavy atom. The van der Waals surface area contributed by atoms with E-state index in [9.17, 15) is 19.1 Å². The van der Waals surface area contributed by atoms with E-state index in [2.05, 4.69) is 25.9 Å². The van der Waals surface area contributed by atoms with Gasteiger partial charge in [0.25, 0.3) is 0 Å². The topological polar surface area (TPSA) is 131 Å². The van der Waals surface area contributed by atoms with Crippen molar-refractivity contribution in [3.8, 4) is 17.1 Å². The van der Waals surface area contributed by atoms with E-state index in [0.29, 0.717) is 46.9 Å². The summed E-state index contributed by atoms with van der Waals surface area (Å²) in [6.45, 7) is 1.19. The zero-order chi connectivity index (χ0) is 26.4. The first kappa shape index (κ1) is 26.1. The molecule has 196 valence electrons. The third-order valence-corrected chi connectivity index (χ3v) is 6.57. The Balaban J connectivity index is 1.41. The highest BCUT2D eigenvalue weighted by atomic mass is 19.1. The molecule has 4 rings (SSSR count). The minimum Gasteiger partial charge on any atom is -0.489 e. The van der Waals surface area contributed by atoms with Gasteiger partial charge in [-0.3, -0.25) is 4.79 Å². The van der Waals surface area contributed by atoms with Gasteiger partial charge in [-0.15, -0.1) is 5.10 Å². The van der Waals surface area contributed by atoms with Crippen LogP contribution in [-0.4, -0.2) is 49.9 Å². The Kier molecular flexibility index (Phi) is 8.32. The number of rotatable bonds is 9. The fourth-order valence-electron chi connectivity index (χ4n) is 4.50. The Morgan fingerprint density at radius 2 is 2.00 bits per heavy atom. The number of nitrogens with one attached hydrogen (secondary N) is 2. The van der Waals surface area contributed by atoms with Gasteiger partial charge in [-0.1, -0.05) is 35.5 Å². The lowest BCUT2D eigenvalue weighted by Crippen LogP contribution is -2.38. The predicted molar refractivity (Wildman–Crippen MR) is 134 cm³/mol. The summed E-state index contributed by atoms with van der Waals surface area (Å²) < 4.78 is 21.2. The molecule has 37 heavy (non-hydrogen) atoms. The number of amides is 2. The smallest absolute Gasteiger partial charge is 0.315 e. The molecule has 0 aliphatic heterocycles. The van der Waals surface area contributed by atoms with Crippen molar-refractivity contribution in [2.24, 2.45) is 13.0 Å². The van der Waals surface area contributed by atoms with Crippen molar-refractivity contribution in [1.29, 1.82) is 0 Å². The van der Waals surface area contributed by atoms with Crippen LogP contribution < -0.4 is 15.4 Å². The first-order valence-electron chi connectivity index (χ1n) is 12.3. The van der Waals surface area contributed by atoms with Gasteiger partial charge in [-0.05, 0) is 50.3 Å². The van der Waals surface area contributed by atoms with Crippen LogP contribution in [0, 0.1) is 12.8 Å². The second kappa shape index (κ2) is 11.8. The molecule has 3 aromatic rings. The SMILES string of the molecule is Cc1nc(-c2nnn(C)c2CNC(=O)NC(CF)c2ccccc2)ccc1O[C@H]1CCC[C@H](C(=O)O)C1. The Labute approximate surface area is 214 Å². The second-order valence-electron chi connectivity index (χ2n) is 9.17. The van der Waals surface area contributed by atoms with E-state index >= 15 is 0 Å². The summed E-state index contributed by atoms with van der Waals surface area (Å²) in [5.74, 6) is -0.567. The number of carbonyl (C=O) groups excluding carboxylic acids is 1. The number of carboxylic acids is 1. The summed E-state index contributed by atoms with van der Waals surface area (Å²) in [5.41, 5.74) is 3.02. The largest absolute Gasteiger partial charge is 0.489 e. The average Bonchev–Trinajstić information content (AvgIpc) is 3.28. The molecule has 2 amide bonds. The molecule has 1 aromatic carbocycles. The maximum absolute atomic E-state index is 13.5. The average molecular weight is 511 g/mol. The Bertz CT molecular complexity index is 1240. The van der Waals surface area contributed by atoms with E-state index < -0.39 is 24.7 Å². The third-order valence-electron chi connectivity index (χ3n) is 6.57. The van der Waals surface area contributed by atoms with Crippen LogP contribution in [0.15, 0.2) is 42.5 Å². The first-order valence-corrected chi connectivity index (χ1v) is 12.3. The molecule has 1 unspecified atom stereocenters. The molecule has 0 saturated heterocycles. The van der Waals surface area contributed by atoms with Gasteiger partial charge in [0.1, 0.15) is 18.1 Å². The molecule has 1 aliphatic rings. The van der Waals surface area contributed by atoms with E-state index in [4.69, 9.17) is 4.74 Å². The number of benzene rings is 1. The van der Waals surface area contributed by atoms with Crippen LogP contribution in [0.3, 0.4) is 0 Å². The lowest BCUT2D eigenvalue weighted by atomic mass is 9.87. The number of nitrogens with zero attached hydrogens (tertiary/aromatic N) is 4. The van der Waals surface area contributed by atoms with Crippen LogP contribution in [0.2, 0.25) is 0 Å². The highest BCUT2D eigenvalue weighted by Crippen LogP contribution is 2.30. The maximum Gasteiger partial charge on any atom is 0.315 e. The van der Waals surface area contributed by atoms with E-state index in [0.717, 1.165) is 12.8 Å². The summed E-state index contributed by atoms with van der Waals surface area (Å²) in [6, 6.07) is 11.2. The van der Waals surface area contributed by atoms with Crippen molar-refractivity contribution in [1.82, 2.24) is 30.6 Å². The molecule has 0 bridgehead atoms. The van der Waals surface area contributed by atoms with Gasteiger partial charge in [0.05, 0.1) is 41.7 Å². The third kappa shape index (κ3) is 6.41. The van der Waals surface area contributed by atoms with Gasteiger partial charge in [0, 0.05) is 7.05 Å². The number of halogens is 1. The number of urea groups is 1. The van der Waals surface area contributed by atoms with Gasteiger partial charge in [-0.25, -0.2) is 18.9 Å². The minimum absolute atomic E-state index is 0.107. The van der Waals surface area contributed by atoms with E-state index in [1.807, 2.05) is 13.0 Å². The zero-order valence-corrected chi connectivity index (χ0v) is 20.9. The van der Waals surface area contributed by atoms with Crippen molar-refractivity contribution >= 4 is 12.0 Å². The molecule has 11 heteroatoms. The van der Waals surface area contributed by atoms with E-state index in [-0.39, 0.29) is 18.6 Å². The Morgan fingerprint density at radius 3 is 2.70 bits per heavy atom. The maximum atomic E-state index is 13.5. The molecule has 1 aliphatic carbocycles. The highest BCUT2D eigenvalue weighted by Gasteiger charge is 2.28. The monoisotopic (exact) mass is 510 g/mol. The number of ether oxygens (including phenoxy) is 1. The molecule has 2 aromatic heterocycles. The molecule has 0 radical (unpaired) electrons. The van der Waals surface area contributed by atoms with Crippen molar-refractivity contribution in [2.45, 2.75) is 51.3 Å². The number of hydrogen-bond donors (Lipinski definition) is 3. The first-order chi connectivity index (χ1) is 17.9. The molecule has 2 heterocycles. The molecule has 10 nitrogen and oxygen atoms in total. The molecular weight excluding hydrogens is 479 g/mol. The molecule has 0 spiro atoms. The molecule has 1 fully saturated rings. The second-order valence-corrected chi connectivity index (χ2v) is 9.17. The summed E-state index contributed by atoms with van der Waals surface area (Å²) >= 11 is 0. The molecule has 3 atom stereocenters. The number of aromatic nitrogens is 4. The molecule has 1 saturated carbocycles. The van der Waals surface area contributed by atoms with Crippen LogP contribution in [0.25, 0.3) is 11.4 Å². The fourth-order valence-corrected chi connectivity index (χ4v) is 4.50. The van der Waals surface area contributed by atoms with Crippen molar-refractivity contribution in [3.63, 3.8) is 0 Å². The number of alkyl halides is 1. The molecule has 3 N–H and O–H groups in total. The number of pyridine rings is 1. The standard InChI is InChI=1S/C26H31FN6O4/c1-16-23(37-19-10-6-9-18(13-19)25(34)35)12-11-20(29-16)24-22(33(2)32-31-24)15-28-26(36)30-21(14-27)17-7-4-3-5-8-17/h3-5,7-8,11-12,18-19,21H,6,9-10,13-15H2,1-2H3,(H,34,35)(H2,28,30,36)/t18-,19-,21?/m0/s1. The van der Waals surface area contributed by atoms with Gasteiger partial charge in [0.15, 0.2) is 0 Å². The number of carbonyl (C=O) groups is 2. The normalized spacial score (nSPS) is 18.1. The van der Waals surface area contributed by atoms with Gasteiger partial charge in [-0.2, -0.15) is 0 Å². The molecular formula is C26H31FN6O4. The van der Waals surface area contributed by atoms with Crippen LogP contribution >= 0.6 is 0 Å². The van der Waals surface area contributed by atoms with Gasteiger partial charge >= 0.3 is 12.0 Å². The lowest BCUT2D eigenvalue weighted by Gasteiger charge is -2.27. The van der Waals surface area contributed by atoms with E-state index in [1.165, 1.54) is 0 Å². The van der Waals surface area contributed by atoms with Gasteiger partial charge in [0.2, 0.25) is 0 Å². The zero-order valence-electron chi connectivity index (χ0n) is 20.9. The summed E-state index contributed by atoms with van der Waals surface area (Å²) in [4.78, 5) is 28.5. The number of hydrogen-bond acceptors (Lipinski definition) is 6. The van der Waals surface area contributed by atoms with Crippen molar-refractivity contribution < 1.29 is 23.8 Å². The van der Waals surface area contributed by atoms with Crippen LogP contribution in [0.5, 0.6) is 5.75 Å². The van der Waals surface area contributed by atoms with E-state index in [1.54, 1.807) is 48.1 Å². The number of aryl methyl sites for hydroxylation is 2. The lowest BCUT2D eigenvalue weighted by molar-refractivity contribution is -0.143. The predicted octanol–water partition coefficient (Wildman–Crippen LogP) is 3.72. The Hall–Kier alpha value is -4.02. The van der Waals surface area contributed by atoms with Crippen molar-refractivity contribution in [2.75, 3.05) is 6.67 Å². The van der Waals surface area contributed by atoms with Crippen LogP contribution in [-0.2, 0) is 18.4 Å². The van der Waals surface area contributed by atoms with Crippen LogP contribution in [0.4, 0.5) is 9.18 Å². The van der Waals surface area contributed by atoms with Gasteiger partial charge < -0.3 is 20.5 Å². The summed E-state index contributed by atoms with van der Waals surface area (Å²) in [6.07, 6.45) is 2.60. The van der Waals surface area contributed by atoms with Crippen LogP contribution in [0.1, 0.15) is 48.7 Å². The number of carboxylic acid groups (broad SMARTS) is 1.